The standard InChI is InChI=1S/C17H18N2O4S/c1-17(2,3)23-16(22)19-13(15(20)21)6-10-4-5-11-8-12(9-18)24-14(11)7-10/h4-5,7-8,13H,6H2,1-3H3,(H,19,22)(H,20,21). The fourth-order valence-corrected chi connectivity index (χ4v) is 3.07. The van der Waals surface area contributed by atoms with Crippen molar-refractivity contribution >= 4 is 33.5 Å². The lowest BCUT2D eigenvalue weighted by atomic mass is 10.1. The van der Waals surface area contributed by atoms with E-state index in [0.717, 1.165) is 15.6 Å². The highest BCUT2D eigenvalue weighted by molar-refractivity contribution is 7.19. The Morgan fingerprint density at radius 2 is 2.08 bits per heavy atom. The van der Waals surface area contributed by atoms with Gasteiger partial charge in [0.15, 0.2) is 0 Å². The first-order valence-electron chi connectivity index (χ1n) is 7.33. The van der Waals surface area contributed by atoms with Crippen molar-refractivity contribution in [2.75, 3.05) is 0 Å². The molecule has 1 amide bonds. The summed E-state index contributed by atoms with van der Waals surface area (Å²) in [6.07, 6.45) is -0.636. The van der Waals surface area contributed by atoms with E-state index in [2.05, 4.69) is 11.4 Å². The highest BCUT2D eigenvalue weighted by Crippen LogP contribution is 2.26. The number of carboxylic acids is 1. The van der Waals surface area contributed by atoms with Gasteiger partial charge in [-0.25, -0.2) is 9.59 Å². The predicted octanol–water partition coefficient (Wildman–Crippen LogP) is 3.29. The number of thiophene rings is 1. The minimum Gasteiger partial charge on any atom is -0.480 e. The molecule has 0 spiro atoms. The van der Waals surface area contributed by atoms with E-state index in [1.165, 1.54) is 11.3 Å². The molecule has 0 bridgehead atoms. The lowest BCUT2D eigenvalue weighted by Gasteiger charge is -2.22. The molecule has 126 valence electrons. The Bertz CT molecular complexity index is 814. The normalized spacial score (nSPS) is 12.4. The molecule has 1 atom stereocenters. The highest BCUT2D eigenvalue weighted by Gasteiger charge is 2.24. The predicted molar refractivity (Wildman–Crippen MR) is 91.0 cm³/mol. The SMILES string of the molecule is CC(C)(C)OC(=O)NC(Cc1ccc2cc(C#N)sc2c1)C(=O)O. The molecule has 1 heterocycles. The van der Waals surface area contributed by atoms with Crippen molar-refractivity contribution < 1.29 is 19.4 Å². The fraction of sp³-hybridized carbons (Fsp3) is 0.353. The Morgan fingerprint density at radius 1 is 1.38 bits per heavy atom. The van der Waals surface area contributed by atoms with E-state index in [9.17, 15) is 14.7 Å². The van der Waals surface area contributed by atoms with Gasteiger partial charge in [-0.15, -0.1) is 11.3 Å². The number of benzene rings is 1. The number of nitrogens with one attached hydrogen (secondary N) is 1. The molecule has 0 aliphatic heterocycles. The fourth-order valence-electron chi connectivity index (χ4n) is 2.14. The number of ether oxygens (including phenoxy) is 1. The number of nitrogens with zero attached hydrogens (tertiary/aromatic N) is 1. The van der Waals surface area contributed by atoms with Crippen LogP contribution in [-0.2, 0) is 16.0 Å². The third-order valence-electron chi connectivity index (χ3n) is 3.12. The zero-order valence-corrected chi connectivity index (χ0v) is 14.4. The van der Waals surface area contributed by atoms with Gasteiger partial charge < -0.3 is 15.2 Å². The van der Waals surface area contributed by atoms with Gasteiger partial charge in [-0.1, -0.05) is 12.1 Å². The zero-order chi connectivity index (χ0) is 17.9. The molecule has 0 saturated heterocycles. The van der Waals surface area contributed by atoms with E-state index in [-0.39, 0.29) is 6.42 Å². The summed E-state index contributed by atoms with van der Waals surface area (Å²) in [7, 11) is 0. The number of carboxylic acid groups (broad SMARTS) is 1. The summed E-state index contributed by atoms with van der Waals surface area (Å²) in [5, 5.41) is 21.6. The summed E-state index contributed by atoms with van der Waals surface area (Å²) in [5.41, 5.74) is 0.0637. The molecule has 2 N–H and O–H groups in total. The molecule has 2 aromatic rings. The third kappa shape index (κ3) is 4.70. The number of rotatable bonds is 4. The summed E-state index contributed by atoms with van der Waals surface area (Å²) in [6, 6.07) is 8.27. The maximum atomic E-state index is 11.8. The summed E-state index contributed by atoms with van der Waals surface area (Å²) >= 11 is 1.35. The van der Waals surface area contributed by atoms with Gasteiger partial charge in [-0.3, -0.25) is 0 Å². The van der Waals surface area contributed by atoms with E-state index in [0.29, 0.717) is 4.88 Å². The first-order valence-corrected chi connectivity index (χ1v) is 8.14. The van der Waals surface area contributed by atoms with Crippen LogP contribution < -0.4 is 5.32 Å². The number of amides is 1. The molecule has 6 nitrogen and oxygen atoms in total. The van der Waals surface area contributed by atoms with Crippen molar-refractivity contribution in [2.45, 2.75) is 38.8 Å². The molecule has 0 saturated carbocycles. The van der Waals surface area contributed by atoms with Crippen LogP contribution in [0.4, 0.5) is 4.79 Å². The van der Waals surface area contributed by atoms with Crippen molar-refractivity contribution in [1.29, 1.82) is 5.26 Å². The van der Waals surface area contributed by atoms with E-state index in [1.807, 2.05) is 12.1 Å². The number of hydrogen-bond acceptors (Lipinski definition) is 5. The number of nitriles is 1. The average Bonchev–Trinajstić information content (AvgIpc) is 2.86. The lowest BCUT2D eigenvalue weighted by Crippen LogP contribution is -2.44. The number of carbonyl (C=O) groups is 2. The molecule has 7 heteroatoms. The summed E-state index contributed by atoms with van der Waals surface area (Å²) in [5.74, 6) is -1.13. The Morgan fingerprint density at radius 3 is 2.67 bits per heavy atom. The number of carbonyl (C=O) groups excluding carboxylic acids is 1. The first kappa shape index (κ1) is 17.8. The topological polar surface area (TPSA) is 99.4 Å². The van der Waals surface area contributed by atoms with Crippen molar-refractivity contribution in [1.82, 2.24) is 5.32 Å². The van der Waals surface area contributed by atoms with Gasteiger partial charge in [-0.05, 0) is 43.9 Å². The van der Waals surface area contributed by atoms with Crippen molar-refractivity contribution in [3.05, 3.63) is 34.7 Å². The maximum Gasteiger partial charge on any atom is 0.408 e. The molecule has 1 aromatic heterocycles. The van der Waals surface area contributed by atoms with Gasteiger partial charge in [0.05, 0.1) is 0 Å². The molecule has 1 unspecified atom stereocenters. The summed E-state index contributed by atoms with van der Waals surface area (Å²) in [4.78, 5) is 23.8. The first-order chi connectivity index (χ1) is 11.2. The molecule has 0 aliphatic carbocycles. The zero-order valence-electron chi connectivity index (χ0n) is 13.6. The maximum absolute atomic E-state index is 11.8. The Hall–Kier alpha value is -2.59. The van der Waals surface area contributed by atoms with Crippen LogP contribution >= 0.6 is 11.3 Å². The second kappa shape index (κ2) is 6.89. The molecule has 2 rings (SSSR count). The largest absolute Gasteiger partial charge is 0.480 e. The molecule has 24 heavy (non-hydrogen) atoms. The molecular weight excluding hydrogens is 328 g/mol. The minimum atomic E-state index is -1.13. The number of fused-ring (bicyclic) bond motifs is 1. The second-order valence-electron chi connectivity index (χ2n) is 6.34. The number of aliphatic carboxylic acids is 1. The van der Waals surface area contributed by atoms with E-state index >= 15 is 0 Å². The summed E-state index contributed by atoms with van der Waals surface area (Å²) < 4.78 is 6.00. The number of alkyl carbamates (subject to hydrolysis) is 1. The van der Waals surface area contributed by atoms with Gasteiger partial charge in [-0.2, -0.15) is 5.26 Å². The van der Waals surface area contributed by atoms with Crippen LogP contribution in [0.2, 0.25) is 0 Å². The Labute approximate surface area is 143 Å². The molecule has 1 aromatic carbocycles. The average molecular weight is 346 g/mol. The molecule has 0 radical (unpaired) electrons. The Balaban J connectivity index is 2.14. The Kier molecular flexibility index (Phi) is 5.10. The van der Waals surface area contributed by atoms with E-state index in [4.69, 9.17) is 10.00 Å². The van der Waals surface area contributed by atoms with Gasteiger partial charge in [0.2, 0.25) is 0 Å². The van der Waals surface area contributed by atoms with Crippen LogP contribution in [0.3, 0.4) is 0 Å². The number of hydrogen-bond donors (Lipinski definition) is 2. The van der Waals surface area contributed by atoms with Crippen molar-refractivity contribution in [2.24, 2.45) is 0 Å². The van der Waals surface area contributed by atoms with Crippen molar-refractivity contribution in [3.8, 4) is 6.07 Å². The monoisotopic (exact) mass is 346 g/mol. The van der Waals surface area contributed by atoms with Crippen LogP contribution in [0, 0.1) is 11.3 Å². The van der Waals surface area contributed by atoms with E-state index in [1.54, 1.807) is 32.9 Å². The lowest BCUT2D eigenvalue weighted by molar-refractivity contribution is -0.139. The van der Waals surface area contributed by atoms with Crippen LogP contribution in [0.15, 0.2) is 24.3 Å². The van der Waals surface area contributed by atoms with Crippen LogP contribution in [0.5, 0.6) is 0 Å². The van der Waals surface area contributed by atoms with Gasteiger partial charge >= 0.3 is 12.1 Å². The highest BCUT2D eigenvalue weighted by atomic mass is 32.1. The molecular formula is C17H18N2O4S. The third-order valence-corrected chi connectivity index (χ3v) is 4.13. The van der Waals surface area contributed by atoms with Crippen LogP contribution in [-0.4, -0.2) is 28.8 Å². The minimum absolute atomic E-state index is 0.129. The smallest absolute Gasteiger partial charge is 0.408 e. The quantitative estimate of drug-likeness (QED) is 0.885. The van der Waals surface area contributed by atoms with Gasteiger partial charge in [0.25, 0.3) is 0 Å². The molecule has 0 fully saturated rings. The second-order valence-corrected chi connectivity index (χ2v) is 7.42. The van der Waals surface area contributed by atoms with Crippen molar-refractivity contribution in [3.63, 3.8) is 0 Å². The van der Waals surface area contributed by atoms with E-state index < -0.39 is 23.7 Å². The van der Waals surface area contributed by atoms with Gasteiger partial charge in [0.1, 0.15) is 22.6 Å². The van der Waals surface area contributed by atoms with Gasteiger partial charge in [0, 0.05) is 11.1 Å². The summed E-state index contributed by atoms with van der Waals surface area (Å²) in [6.45, 7) is 5.12. The van der Waals surface area contributed by atoms with Crippen LogP contribution in [0.1, 0.15) is 31.2 Å². The molecule has 0 aliphatic rings. The van der Waals surface area contributed by atoms with Crippen LogP contribution in [0.25, 0.3) is 10.1 Å².